The molecule has 2 aromatic rings. The minimum Gasteiger partial charge on any atom is -0.508 e. The predicted octanol–water partition coefficient (Wildman–Crippen LogP) is 3.43. The number of hydrogen-bond acceptors (Lipinski definition) is 3. The molecule has 0 fully saturated rings. The van der Waals surface area contributed by atoms with Crippen LogP contribution >= 0.6 is 0 Å². The van der Waals surface area contributed by atoms with Gasteiger partial charge in [0.15, 0.2) is 0 Å². The monoisotopic (exact) mass is 289 g/mol. The molecule has 0 aliphatic carbocycles. The molecule has 2 N–H and O–H groups in total. The first-order valence-corrected chi connectivity index (χ1v) is 6.95. The number of phenols is 1. The van der Waals surface area contributed by atoms with Crippen molar-refractivity contribution in [3.8, 4) is 11.5 Å². The van der Waals surface area contributed by atoms with Crippen LogP contribution in [0.15, 0.2) is 42.5 Å². The molecule has 1 atom stereocenters. The van der Waals surface area contributed by atoms with Crippen molar-refractivity contribution in [3.05, 3.63) is 59.4 Å². The van der Waals surface area contributed by atoms with Crippen molar-refractivity contribution >= 4 is 0 Å². The van der Waals surface area contributed by atoms with Gasteiger partial charge in [-0.3, -0.25) is 0 Å². The van der Waals surface area contributed by atoms with Crippen LogP contribution in [-0.4, -0.2) is 18.8 Å². The Morgan fingerprint density at radius 3 is 2.81 bits per heavy atom. The van der Waals surface area contributed by atoms with Gasteiger partial charge in [-0.1, -0.05) is 12.1 Å². The van der Waals surface area contributed by atoms with Gasteiger partial charge in [0.25, 0.3) is 0 Å². The van der Waals surface area contributed by atoms with Crippen LogP contribution in [-0.2, 0) is 6.42 Å². The lowest BCUT2D eigenvalue weighted by Crippen LogP contribution is -2.21. The van der Waals surface area contributed by atoms with E-state index >= 15 is 0 Å². The summed E-state index contributed by atoms with van der Waals surface area (Å²) in [4.78, 5) is 0. The van der Waals surface area contributed by atoms with Gasteiger partial charge in [0, 0.05) is 11.6 Å². The maximum atomic E-state index is 13.2. The van der Waals surface area contributed by atoms with Crippen LogP contribution in [0.4, 0.5) is 4.39 Å². The zero-order chi connectivity index (χ0) is 15.2. The molecular formula is C17H20FNO2. The molecule has 0 radical (unpaired) electrons. The summed E-state index contributed by atoms with van der Waals surface area (Å²) in [7, 11) is 1.65. The summed E-state index contributed by atoms with van der Waals surface area (Å²) in [5, 5.41) is 13.1. The van der Waals surface area contributed by atoms with Gasteiger partial charge in [0.1, 0.15) is 17.3 Å². The third-order valence-corrected chi connectivity index (χ3v) is 3.45. The van der Waals surface area contributed by atoms with Gasteiger partial charge in [-0.15, -0.1) is 0 Å². The highest BCUT2D eigenvalue weighted by atomic mass is 19.1. The van der Waals surface area contributed by atoms with Gasteiger partial charge < -0.3 is 15.2 Å². The summed E-state index contributed by atoms with van der Waals surface area (Å²) in [6, 6.07) is 11.8. The van der Waals surface area contributed by atoms with Crippen LogP contribution in [0.5, 0.6) is 11.5 Å². The Labute approximate surface area is 124 Å². The average molecular weight is 289 g/mol. The van der Waals surface area contributed by atoms with Crippen molar-refractivity contribution in [2.45, 2.75) is 19.4 Å². The van der Waals surface area contributed by atoms with E-state index in [0.29, 0.717) is 5.56 Å². The molecule has 0 saturated heterocycles. The van der Waals surface area contributed by atoms with E-state index in [1.807, 2.05) is 31.2 Å². The molecule has 2 aromatic carbocycles. The Morgan fingerprint density at radius 2 is 2.05 bits per heavy atom. The maximum Gasteiger partial charge on any atom is 0.123 e. The summed E-state index contributed by atoms with van der Waals surface area (Å²) in [6.45, 7) is 2.63. The molecule has 0 aliphatic rings. The van der Waals surface area contributed by atoms with Crippen molar-refractivity contribution in [3.63, 3.8) is 0 Å². The summed E-state index contributed by atoms with van der Waals surface area (Å²) in [5.74, 6) is 0.602. The zero-order valence-electron chi connectivity index (χ0n) is 12.3. The topological polar surface area (TPSA) is 41.5 Å². The summed E-state index contributed by atoms with van der Waals surface area (Å²) in [5.41, 5.74) is 1.73. The number of methoxy groups -OCH3 is 1. The van der Waals surface area contributed by atoms with Crippen molar-refractivity contribution in [1.29, 1.82) is 0 Å². The third-order valence-electron chi connectivity index (χ3n) is 3.45. The molecule has 4 heteroatoms. The molecule has 1 unspecified atom stereocenters. The van der Waals surface area contributed by atoms with E-state index in [0.717, 1.165) is 24.3 Å². The van der Waals surface area contributed by atoms with Gasteiger partial charge in [0.2, 0.25) is 0 Å². The van der Waals surface area contributed by atoms with Gasteiger partial charge in [-0.2, -0.15) is 0 Å². The van der Waals surface area contributed by atoms with Crippen LogP contribution in [0, 0.1) is 5.82 Å². The standard InChI is InChI=1S/C17H20FNO2/c1-12(16-11-14(18)6-7-17(16)20)19-9-8-13-4-3-5-15(10-13)21-2/h3-7,10-12,19-20H,8-9H2,1-2H3. The second-order valence-electron chi connectivity index (χ2n) is 4.98. The van der Waals surface area contributed by atoms with E-state index in [1.165, 1.54) is 18.2 Å². The SMILES string of the molecule is COc1cccc(CCNC(C)c2cc(F)ccc2O)c1. The molecule has 0 spiro atoms. The molecule has 2 rings (SSSR count). The first-order chi connectivity index (χ1) is 10.1. The molecule has 112 valence electrons. The number of ether oxygens (including phenoxy) is 1. The van der Waals surface area contributed by atoms with Crippen molar-refractivity contribution < 1.29 is 14.2 Å². The Bertz CT molecular complexity index is 601. The highest BCUT2D eigenvalue weighted by Crippen LogP contribution is 2.24. The van der Waals surface area contributed by atoms with Gasteiger partial charge in [-0.25, -0.2) is 4.39 Å². The summed E-state index contributed by atoms with van der Waals surface area (Å²) < 4.78 is 18.4. The quantitative estimate of drug-likeness (QED) is 0.856. The zero-order valence-corrected chi connectivity index (χ0v) is 12.3. The van der Waals surface area contributed by atoms with E-state index in [4.69, 9.17) is 4.74 Å². The number of hydrogen-bond donors (Lipinski definition) is 2. The minimum atomic E-state index is -0.343. The van der Waals surface area contributed by atoms with Crippen LogP contribution in [0.25, 0.3) is 0 Å². The number of nitrogens with one attached hydrogen (secondary N) is 1. The largest absolute Gasteiger partial charge is 0.508 e. The first-order valence-electron chi connectivity index (χ1n) is 6.95. The van der Waals surface area contributed by atoms with Gasteiger partial charge >= 0.3 is 0 Å². The molecule has 0 heterocycles. The lowest BCUT2D eigenvalue weighted by atomic mass is 10.1. The number of phenolic OH excluding ortho intramolecular Hbond substituents is 1. The molecule has 0 saturated carbocycles. The van der Waals surface area contributed by atoms with Crippen molar-refractivity contribution in [2.24, 2.45) is 0 Å². The van der Waals surface area contributed by atoms with Crippen molar-refractivity contribution in [1.82, 2.24) is 5.32 Å². The highest BCUT2D eigenvalue weighted by molar-refractivity contribution is 5.35. The number of aromatic hydroxyl groups is 1. The second-order valence-corrected chi connectivity index (χ2v) is 4.98. The van der Waals surface area contributed by atoms with E-state index in [-0.39, 0.29) is 17.6 Å². The Balaban J connectivity index is 1.92. The Morgan fingerprint density at radius 1 is 1.24 bits per heavy atom. The lowest BCUT2D eigenvalue weighted by molar-refractivity contribution is 0.414. The fourth-order valence-corrected chi connectivity index (χ4v) is 2.24. The minimum absolute atomic E-state index is 0.109. The van der Waals surface area contributed by atoms with E-state index in [9.17, 15) is 9.50 Å². The molecule has 0 aliphatic heterocycles. The average Bonchev–Trinajstić information content (AvgIpc) is 2.49. The van der Waals surface area contributed by atoms with E-state index in [2.05, 4.69) is 5.32 Å². The molecule has 3 nitrogen and oxygen atoms in total. The second kappa shape index (κ2) is 7.09. The number of halogens is 1. The van der Waals surface area contributed by atoms with Crippen LogP contribution in [0.3, 0.4) is 0 Å². The highest BCUT2D eigenvalue weighted by Gasteiger charge is 2.10. The van der Waals surface area contributed by atoms with Crippen LogP contribution in [0.2, 0.25) is 0 Å². The molecule has 0 bridgehead atoms. The van der Waals surface area contributed by atoms with E-state index < -0.39 is 0 Å². The van der Waals surface area contributed by atoms with Crippen LogP contribution in [0.1, 0.15) is 24.1 Å². The molecular weight excluding hydrogens is 269 g/mol. The number of rotatable bonds is 6. The fraction of sp³-hybridized carbons (Fsp3) is 0.294. The van der Waals surface area contributed by atoms with Crippen molar-refractivity contribution in [2.75, 3.05) is 13.7 Å². The maximum absolute atomic E-state index is 13.2. The third kappa shape index (κ3) is 4.20. The molecule has 0 amide bonds. The summed E-state index contributed by atoms with van der Waals surface area (Å²) >= 11 is 0. The predicted molar refractivity (Wildman–Crippen MR) is 81.2 cm³/mol. The lowest BCUT2D eigenvalue weighted by Gasteiger charge is -2.16. The molecule has 0 aromatic heterocycles. The molecule has 21 heavy (non-hydrogen) atoms. The Kier molecular flexibility index (Phi) is 5.17. The van der Waals surface area contributed by atoms with E-state index in [1.54, 1.807) is 7.11 Å². The smallest absolute Gasteiger partial charge is 0.123 e. The summed E-state index contributed by atoms with van der Waals surface area (Å²) in [6.07, 6.45) is 0.831. The van der Waals surface area contributed by atoms with Gasteiger partial charge in [0.05, 0.1) is 7.11 Å². The number of benzene rings is 2. The first kappa shape index (κ1) is 15.3. The van der Waals surface area contributed by atoms with Crippen LogP contribution < -0.4 is 10.1 Å². The fourth-order valence-electron chi connectivity index (χ4n) is 2.24. The van der Waals surface area contributed by atoms with Gasteiger partial charge in [-0.05, 0) is 55.8 Å². The Hall–Kier alpha value is -2.07. The normalized spacial score (nSPS) is 12.1.